The van der Waals surface area contributed by atoms with E-state index in [0.717, 1.165) is 12.8 Å². The highest BCUT2D eigenvalue weighted by atomic mass is 16.6. The summed E-state index contributed by atoms with van der Waals surface area (Å²) >= 11 is 0. The second kappa shape index (κ2) is 9.38. The third-order valence-electron chi connectivity index (χ3n) is 4.31. The third-order valence-corrected chi connectivity index (χ3v) is 4.31. The molecule has 2 amide bonds. The van der Waals surface area contributed by atoms with E-state index in [9.17, 15) is 19.7 Å². The number of amides is 2. The van der Waals surface area contributed by atoms with Crippen LogP contribution in [0.5, 0.6) is 5.75 Å². The van der Waals surface area contributed by atoms with E-state index in [1.54, 1.807) is 4.90 Å². The Labute approximate surface area is 164 Å². The van der Waals surface area contributed by atoms with Gasteiger partial charge in [0.1, 0.15) is 11.4 Å². The van der Waals surface area contributed by atoms with E-state index in [1.807, 2.05) is 20.8 Å². The molecule has 0 atom stereocenters. The quantitative estimate of drug-likeness (QED) is 0.588. The highest BCUT2D eigenvalue weighted by molar-refractivity contribution is 5.77. The van der Waals surface area contributed by atoms with Gasteiger partial charge in [-0.1, -0.05) is 0 Å². The van der Waals surface area contributed by atoms with Gasteiger partial charge in [0, 0.05) is 31.8 Å². The van der Waals surface area contributed by atoms with Crippen molar-refractivity contribution in [3.05, 3.63) is 34.4 Å². The third kappa shape index (κ3) is 7.05. The maximum Gasteiger partial charge on any atom is 0.407 e. The van der Waals surface area contributed by atoms with Crippen molar-refractivity contribution in [2.45, 2.75) is 39.2 Å². The molecule has 0 bridgehead atoms. The number of carbonyl (C=O) groups excluding carboxylic acids is 2. The molecule has 1 aliphatic heterocycles. The number of ether oxygens (including phenoxy) is 2. The smallest absolute Gasteiger partial charge is 0.407 e. The first-order chi connectivity index (χ1) is 13.1. The number of nitrogens with one attached hydrogen (secondary N) is 1. The Hall–Kier alpha value is -2.84. The van der Waals surface area contributed by atoms with Gasteiger partial charge in [-0.05, 0) is 51.7 Å². The summed E-state index contributed by atoms with van der Waals surface area (Å²) in [7, 11) is 0. The summed E-state index contributed by atoms with van der Waals surface area (Å²) in [5.74, 6) is 0.583. The molecule has 9 nitrogen and oxygen atoms in total. The molecule has 0 radical (unpaired) electrons. The van der Waals surface area contributed by atoms with Gasteiger partial charge in [0.2, 0.25) is 0 Å². The zero-order valence-electron chi connectivity index (χ0n) is 16.5. The zero-order chi connectivity index (χ0) is 20.7. The lowest BCUT2D eigenvalue weighted by molar-refractivity contribution is -0.384. The number of hydrogen-bond donors (Lipinski definition) is 1. The number of hydrogen-bond acceptors (Lipinski definition) is 6. The second-order valence-electron chi connectivity index (χ2n) is 7.75. The van der Waals surface area contributed by atoms with Gasteiger partial charge < -0.3 is 19.7 Å². The molecule has 1 saturated heterocycles. The van der Waals surface area contributed by atoms with Crippen molar-refractivity contribution in [1.29, 1.82) is 0 Å². The molecule has 1 heterocycles. The Bertz CT molecular complexity index is 691. The van der Waals surface area contributed by atoms with Crippen LogP contribution < -0.4 is 10.1 Å². The van der Waals surface area contributed by atoms with Crippen molar-refractivity contribution in [3.8, 4) is 5.75 Å². The van der Waals surface area contributed by atoms with Gasteiger partial charge in [-0.2, -0.15) is 0 Å². The van der Waals surface area contributed by atoms with Crippen molar-refractivity contribution < 1.29 is 24.0 Å². The lowest BCUT2D eigenvalue weighted by Crippen LogP contribution is -2.43. The first kappa shape index (κ1) is 21.5. The summed E-state index contributed by atoms with van der Waals surface area (Å²) in [5, 5.41) is 13.4. The zero-order valence-corrected chi connectivity index (χ0v) is 16.5. The van der Waals surface area contributed by atoms with Gasteiger partial charge in [-0.3, -0.25) is 14.9 Å². The number of rotatable bonds is 6. The van der Waals surface area contributed by atoms with Crippen molar-refractivity contribution in [3.63, 3.8) is 0 Å². The predicted molar refractivity (Wildman–Crippen MR) is 102 cm³/mol. The molecular formula is C19H27N3O6. The fourth-order valence-electron chi connectivity index (χ4n) is 2.83. The number of benzene rings is 1. The average molecular weight is 393 g/mol. The minimum Gasteiger partial charge on any atom is -0.484 e. The van der Waals surface area contributed by atoms with Crippen LogP contribution in [0, 0.1) is 16.0 Å². The summed E-state index contributed by atoms with van der Waals surface area (Å²) in [5.41, 5.74) is -0.551. The Morgan fingerprint density at radius 3 is 2.36 bits per heavy atom. The van der Waals surface area contributed by atoms with Crippen LogP contribution in [0.3, 0.4) is 0 Å². The number of nitro benzene ring substituents is 1. The second-order valence-corrected chi connectivity index (χ2v) is 7.75. The number of carbonyl (C=O) groups is 2. The van der Waals surface area contributed by atoms with Gasteiger partial charge in [0.25, 0.3) is 11.6 Å². The van der Waals surface area contributed by atoms with Crippen LogP contribution in [-0.4, -0.2) is 53.7 Å². The van der Waals surface area contributed by atoms with Crippen LogP contribution in [0.2, 0.25) is 0 Å². The fourth-order valence-corrected chi connectivity index (χ4v) is 2.83. The topological polar surface area (TPSA) is 111 Å². The highest BCUT2D eigenvalue weighted by Gasteiger charge is 2.24. The lowest BCUT2D eigenvalue weighted by Gasteiger charge is -2.32. The van der Waals surface area contributed by atoms with Gasteiger partial charge >= 0.3 is 6.09 Å². The van der Waals surface area contributed by atoms with Crippen LogP contribution in [-0.2, 0) is 9.53 Å². The van der Waals surface area contributed by atoms with Crippen LogP contribution in [0.1, 0.15) is 33.6 Å². The van der Waals surface area contributed by atoms with Crippen molar-refractivity contribution >= 4 is 17.7 Å². The molecule has 1 aliphatic rings. The molecule has 0 aliphatic carbocycles. The van der Waals surface area contributed by atoms with E-state index < -0.39 is 16.6 Å². The minimum absolute atomic E-state index is 0.0271. The molecule has 2 rings (SSSR count). The lowest BCUT2D eigenvalue weighted by atomic mass is 9.97. The van der Waals surface area contributed by atoms with Crippen molar-refractivity contribution in [2.24, 2.45) is 5.92 Å². The molecule has 0 saturated carbocycles. The van der Waals surface area contributed by atoms with Gasteiger partial charge in [0.15, 0.2) is 6.61 Å². The Morgan fingerprint density at radius 2 is 1.82 bits per heavy atom. The van der Waals surface area contributed by atoms with Gasteiger partial charge in [-0.15, -0.1) is 0 Å². The molecule has 1 aromatic carbocycles. The fraction of sp³-hybridized carbons (Fsp3) is 0.579. The molecule has 0 unspecified atom stereocenters. The average Bonchev–Trinajstić information content (AvgIpc) is 2.64. The maximum atomic E-state index is 12.3. The maximum absolute atomic E-state index is 12.3. The molecule has 154 valence electrons. The molecule has 1 fully saturated rings. The van der Waals surface area contributed by atoms with Crippen LogP contribution in [0.15, 0.2) is 24.3 Å². The number of nitro groups is 1. The van der Waals surface area contributed by atoms with Crippen molar-refractivity contribution in [2.75, 3.05) is 26.2 Å². The molecule has 1 N–H and O–H groups in total. The first-order valence-electron chi connectivity index (χ1n) is 9.26. The molecular weight excluding hydrogens is 366 g/mol. The molecule has 0 spiro atoms. The minimum atomic E-state index is -0.524. The Balaban J connectivity index is 1.68. The summed E-state index contributed by atoms with van der Waals surface area (Å²) in [6, 6.07) is 5.62. The number of nitrogens with zero attached hydrogens (tertiary/aromatic N) is 2. The Kier molecular flexibility index (Phi) is 7.19. The predicted octanol–water partition coefficient (Wildman–Crippen LogP) is 2.74. The number of piperidine rings is 1. The largest absolute Gasteiger partial charge is 0.484 e. The van der Waals surface area contributed by atoms with Crippen LogP contribution in [0.4, 0.5) is 10.5 Å². The van der Waals surface area contributed by atoms with Gasteiger partial charge in [0.05, 0.1) is 4.92 Å². The van der Waals surface area contributed by atoms with Crippen molar-refractivity contribution in [1.82, 2.24) is 10.2 Å². The van der Waals surface area contributed by atoms with Crippen LogP contribution in [0.25, 0.3) is 0 Å². The molecule has 9 heteroatoms. The number of alkyl carbamates (subject to hydrolysis) is 1. The molecule has 1 aromatic rings. The summed E-state index contributed by atoms with van der Waals surface area (Å²) in [6.45, 7) is 7.06. The SMILES string of the molecule is CC(C)(C)OC(=O)NCC1CCN(C(=O)COc2ccc([N+](=O)[O-])cc2)CC1. The monoisotopic (exact) mass is 393 g/mol. The van der Waals surface area contributed by atoms with E-state index in [0.29, 0.717) is 31.3 Å². The molecule has 28 heavy (non-hydrogen) atoms. The standard InChI is InChI=1S/C19H27N3O6/c1-19(2,3)28-18(24)20-12-14-8-10-21(11-9-14)17(23)13-27-16-6-4-15(5-7-16)22(25)26/h4-7,14H,8-13H2,1-3H3,(H,20,24). The highest BCUT2D eigenvalue weighted by Crippen LogP contribution is 2.19. The summed E-state index contributed by atoms with van der Waals surface area (Å²) in [6.07, 6.45) is 1.15. The Morgan fingerprint density at radius 1 is 1.21 bits per heavy atom. The first-order valence-corrected chi connectivity index (χ1v) is 9.26. The normalized spacial score (nSPS) is 15.0. The van der Waals surface area contributed by atoms with Crippen LogP contribution >= 0.6 is 0 Å². The van der Waals surface area contributed by atoms with E-state index in [-0.39, 0.29) is 18.2 Å². The van der Waals surface area contributed by atoms with Gasteiger partial charge in [-0.25, -0.2) is 4.79 Å². The number of likely N-dealkylation sites (tertiary alicyclic amines) is 1. The van der Waals surface area contributed by atoms with E-state index in [2.05, 4.69) is 5.32 Å². The summed E-state index contributed by atoms with van der Waals surface area (Å²) < 4.78 is 10.6. The molecule has 0 aromatic heterocycles. The van der Waals surface area contributed by atoms with E-state index >= 15 is 0 Å². The van der Waals surface area contributed by atoms with E-state index in [4.69, 9.17) is 9.47 Å². The number of non-ortho nitro benzene ring substituents is 1. The summed E-state index contributed by atoms with van der Waals surface area (Å²) in [4.78, 5) is 35.9. The van der Waals surface area contributed by atoms with E-state index in [1.165, 1.54) is 24.3 Å².